The quantitative estimate of drug-likeness (QED) is 0.502. The minimum atomic E-state index is -3.14. The maximum atomic E-state index is 10.8. The summed E-state index contributed by atoms with van der Waals surface area (Å²) < 4.78 is 24.1. The van der Waals surface area contributed by atoms with Crippen LogP contribution in [-0.2, 0) is 16.4 Å². The van der Waals surface area contributed by atoms with Gasteiger partial charge in [0.05, 0.1) is 6.26 Å². The van der Waals surface area contributed by atoms with Gasteiger partial charge in [0.2, 0.25) is 10.0 Å². The fraction of sp³-hybridized carbons (Fsp3) is 0.300. The van der Waals surface area contributed by atoms with E-state index in [-0.39, 0.29) is 5.84 Å². The van der Waals surface area contributed by atoms with Crippen molar-refractivity contribution in [3.63, 3.8) is 0 Å². The third kappa shape index (κ3) is 4.41. The van der Waals surface area contributed by atoms with Crippen LogP contribution < -0.4 is 10.5 Å². The zero-order valence-electron chi connectivity index (χ0n) is 9.03. The summed E-state index contributed by atoms with van der Waals surface area (Å²) in [5.74, 6) is 0.0120. The Morgan fingerprint density at radius 3 is 2.75 bits per heavy atom. The van der Waals surface area contributed by atoms with Crippen LogP contribution in [0.5, 0.6) is 0 Å². The molecule has 0 aliphatic rings. The summed E-state index contributed by atoms with van der Waals surface area (Å²) in [7, 11) is -3.14. The van der Waals surface area contributed by atoms with Crippen LogP contribution in [0.25, 0.3) is 0 Å². The minimum absolute atomic E-state index is 0.0120. The third-order valence-electron chi connectivity index (χ3n) is 2.02. The van der Waals surface area contributed by atoms with Gasteiger partial charge >= 0.3 is 0 Å². The first-order valence-corrected chi connectivity index (χ1v) is 6.65. The van der Waals surface area contributed by atoms with Crippen LogP contribution in [-0.4, -0.2) is 27.1 Å². The Morgan fingerprint density at radius 2 is 2.19 bits per heavy atom. The van der Waals surface area contributed by atoms with Gasteiger partial charge in [-0.1, -0.05) is 18.2 Å². The summed E-state index contributed by atoms with van der Waals surface area (Å²) in [6.07, 6.45) is 1.70. The van der Waals surface area contributed by atoms with E-state index in [1.54, 1.807) is 18.2 Å². The van der Waals surface area contributed by atoms with Crippen LogP contribution in [0.15, 0.2) is 24.3 Å². The van der Waals surface area contributed by atoms with Gasteiger partial charge in [0, 0.05) is 12.1 Å². The lowest BCUT2D eigenvalue weighted by atomic mass is 10.1. The van der Waals surface area contributed by atoms with Crippen molar-refractivity contribution in [1.82, 2.24) is 4.72 Å². The van der Waals surface area contributed by atoms with Gasteiger partial charge in [0.1, 0.15) is 5.84 Å². The Balaban J connectivity index is 2.61. The first kappa shape index (κ1) is 12.7. The molecular weight excluding hydrogens is 226 g/mol. The van der Waals surface area contributed by atoms with Crippen molar-refractivity contribution in [2.45, 2.75) is 6.42 Å². The van der Waals surface area contributed by atoms with Crippen LogP contribution in [0.2, 0.25) is 0 Å². The molecule has 1 aromatic rings. The zero-order chi connectivity index (χ0) is 12.2. The molecule has 88 valence electrons. The Labute approximate surface area is 95.2 Å². The number of nitrogens with two attached hydrogens (primary N) is 1. The first-order valence-electron chi connectivity index (χ1n) is 4.76. The van der Waals surface area contributed by atoms with E-state index in [4.69, 9.17) is 11.1 Å². The van der Waals surface area contributed by atoms with Crippen LogP contribution in [0.4, 0.5) is 0 Å². The van der Waals surface area contributed by atoms with Gasteiger partial charge in [-0.25, -0.2) is 13.1 Å². The maximum absolute atomic E-state index is 10.8. The Bertz CT molecular complexity index is 483. The lowest BCUT2D eigenvalue weighted by Gasteiger charge is -2.04. The second kappa shape index (κ2) is 5.09. The van der Waals surface area contributed by atoms with Crippen molar-refractivity contribution in [3.05, 3.63) is 35.4 Å². The van der Waals surface area contributed by atoms with E-state index in [1.165, 1.54) is 0 Å². The molecule has 0 saturated heterocycles. The van der Waals surface area contributed by atoms with Gasteiger partial charge in [-0.2, -0.15) is 0 Å². The molecule has 4 N–H and O–H groups in total. The number of sulfonamides is 1. The number of amidine groups is 1. The molecule has 1 rings (SSSR count). The molecule has 16 heavy (non-hydrogen) atoms. The van der Waals surface area contributed by atoms with Crippen LogP contribution >= 0.6 is 0 Å². The van der Waals surface area contributed by atoms with Gasteiger partial charge in [-0.15, -0.1) is 0 Å². The fourth-order valence-electron chi connectivity index (χ4n) is 1.28. The van der Waals surface area contributed by atoms with E-state index >= 15 is 0 Å². The second-order valence-electron chi connectivity index (χ2n) is 3.53. The number of benzene rings is 1. The van der Waals surface area contributed by atoms with Crippen molar-refractivity contribution < 1.29 is 8.42 Å². The maximum Gasteiger partial charge on any atom is 0.208 e. The van der Waals surface area contributed by atoms with Gasteiger partial charge in [-0.3, -0.25) is 5.41 Å². The first-order chi connectivity index (χ1) is 7.38. The van der Waals surface area contributed by atoms with Crippen LogP contribution in [0.1, 0.15) is 11.1 Å². The highest BCUT2D eigenvalue weighted by molar-refractivity contribution is 7.88. The third-order valence-corrected chi connectivity index (χ3v) is 2.74. The van der Waals surface area contributed by atoms with Gasteiger partial charge in [0.25, 0.3) is 0 Å². The number of hydrogen-bond acceptors (Lipinski definition) is 3. The van der Waals surface area contributed by atoms with Crippen molar-refractivity contribution >= 4 is 15.9 Å². The van der Waals surface area contributed by atoms with Crippen molar-refractivity contribution in [1.29, 1.82) is 5.41 Å². The number of nitrogens with one attached hydrogen (secondary N) is 2. The molecule has 6 heteroatoms. The highest BCUT2D eigenvalue weighted by Gasteiger charge is 2.01. The number of nitrogen functional groups attached to an aromatic ring is 1. The van der Waals surface area contributed by atoms with Crippen LogP contribution in [0.3, 0.4) is 0 Å². The topological polar surface area (TPSA) is 96.0 Å². The molecule has 5 nitrogen and oxygen atoms in total. The molecule has 0 bridgehead atoms. The molecule has 0 aliphatic carbocycles. The summed E-state index contributed by atoms with van der Waals surface area (Å²) in [4.78, 5) is 0. The average Bonchev–Trinajstić information content (AvgIpc) is 2.16. The summed E-state index contributed by atoms with van der Waals surface area (Å²) in [5, 5.41) is 7.27. The summed E-state index contributed by atoms with van der Waals surface area (Å²) in [6.45, 7) is 0.347. The molecule has 0 radical (unpaired) electrons. The Kier molecular flexibility index (Phi) is 4.03. The highest BCUT2D eigenvalue weighted by atomic mass is 32.2. The molecule has 0 atom stereocenters. The average molecular weight is 241 g/mol. The minimum Gasteiger partial charge on any atom is -0.384 e. The molecule has 0 heterocycles. The smallest absolute Gasteiger partial charge is 0.208 e. The van der Waals surface area contributed by atoms with Gasteiger partial charge < -0.3 is 5.73 Å². The molecule has 1 aromatic carbocycles. The number of rotatable bonds is 5. The monoisotopic (exact) mass is 241 g/mol. The molecule has 0 saturated carbocycles. The predicted molar refractivity (Wildman–Crippen MR) is 64.0 cm³/mol. The van der Waals surface area contributed by atoms with Crippen molar-refractivity contribution in [3.8, 4) is 0 Å². The molecule has 0 spiro atoms. The van der Waals surface area contributed by atoms with E-state index in [2.05, 4.69) is 4.72 Å². The molecule has 0 fully saturated rings. The molecule has 0 aliphatic heterocycles. The lowest BCUT2D eigenvalue weighted by molar-refractivity contribution is 0.588. The number of hydrogen-bond donors (Lipinski definition) is 3. The summed E-state index contributed by atoms with van der Waals surface area (Å²) in [5.41, 5.74) is 6.95. The highest BCUT2D eigenvalue weighted by Crippen LogP contribution is 2.05. The van der Waals surface area contributed by atoms with Crippen LogP contribution in [0, 0.1) is 5.41 Å². The van der Waals surface area contributed by atoms with E-state index < -0.39 is 10.0 Å². The van der Waals surface area contributed by atoms with E-state index in [0.717, 1.165) is 11.8 Å². The second-order valence-corrected chi connectivity index (χ2v) is 5.36. The van der Waals surface area contributed by atoms with E-state index in [0.29, 0.717) is 18.5 Å². The standard InChI is InChI=1S/C10H15N3O2S/c1-16(14,15)13-6-5-8-3-2-4-9(7-8)10(11)12/h2-4,7,13H,5-6H2,1H3,(H3,11,12). The Hall–Kier alpha value is -1.40. The zero-order valence-corrected chi connectivity index (χ0v) is 9.84. The molecule has 0 amide bonds. The van der Waals surface area contributed by atoms with Crippen molar-refractivity contribution in [2.75, 3.05) is 12.8 Å². The van der Waals surface area contributed by atoms with E-state index in [9.17, 15) is 8.42 Å². The predicted octanol–water partition coefficient (Wildman–Crippen LogP) is 0.0624. The SMILES string of the molecule is CS(=O)(=O)NCCc1cccc(C(=N)N)c1. The lowest BCUT2D eigenvalue weighted by Crippen LogP contribution is -2.24. The normalized spacial score (nSPS) is 11.3. The van der Waals surface area contributed by atoms with Crippen molar-refractivity contribution in [2.24, 2.45) is 5.73 Å². The molecule has 0 aromatic heterocycles. The summed E-state index contributed by atoms with van der Waals surface area (Å²) in [6, 6.07) is 7.20. The molecular formula is C10H15N3O2S. The van der Waals surface area contributed by atoms with Gasteiger partial charge in [-0.05, 0) is 18.1 Å². The fourth-order valence-corrected chi connectivity index (χ4v) is 1.75. The molecule has 0 unspecified atom stereocenters. The van der Waals surface area contributed by atoms with Gasteiger partial charge in [0.15, 0.2) is 0 Å². The largest absolute Gasteiger partial charge is 0.384 e. The summed E-state index contributed by atoms with van der Waals surface area (Å²) >= 11 is 0. The Morgan fingerprint density at radius 1 is 1.50 bits per heavy atom. The van der Waals surface area contributed by atoms with E-state index in [1.807, 2.05) is 6.07 Å².